The van der Waals surface area contributed by atoms with Crippen LogP contribution in [0.2, 0.25) is 0 Å². The van der Waals surface area contributed by atoms with Crippen LogP contribution in [0.15, 0.2) is 29.0 Å². The Bertz CT molecular complexity index is 498. The predicted molar refractivity (Wildman–Crippen MR) is 68.1 cm³/mol. The molecule has 1 fully saturated rings. The molecule has 0 spiro atoms. The number of fused-ring (bicyclic) bond motifs is 1. The third kappa shape index (κ3) is 2.07. The first-order chi connectivity index (χ1) is 8.36. The fraction of sp³-hybridized carbons (Fsp3) is 0.500. The lowest BCUT2D eigenvalue weighted by molar-refractivity contribution is 0.359. The van der Waals surface area contributed by atoms with Crippen LogP contribution < -0.4 is 5.32 Å². The summed E-state index contributed by atoms with van der Waals surface area (Å²) in [5.74, 6) is 0.689. The molecule has 2 aromatic rings. The molecule has 90 valence electrons. The Balaban J connectivity index is 1.79. The van der Waals surface area contributed by atoms with Gasteiger partial charge in [0.25, 0.3) is 0 Å². The fourth-order valence-electron chi connectivity index (χ4n) is 2.84. The minimum Gasteiger partial charge on any atom is -0.443 e. The maximum absolute atomic E-state index is 5.37. The van der Waals surface area contributed by atoms with Gasteiger partial charge in [-0.2, -0.15) is 0 Å². The molecule has 3 nitrogen and oxygen atoms in total. The van der Waals surface area contributed by atoms with Crippen molar-refractivity contribution in [2.75, 3.05) is 7.05 Å². The van der Waals surface area contributed by atoms with E-state index in [9.17, 15) is 0 Å². The Kier molecular flexibility index (Phi) is 2.85. The molecule has 1 N–H and O–H groups in total. The molecule has 0 bridgehead atoms. The van der Waals surface area contributed by atoms with Crippen molar-refractivity contribution in [1.29, 1.82) is 0 Å². The maximum atomic E-state index is 5.37. The third-order valence-electron chi connectivity index (χ3n) is 3.96. The summed E-state index contributed by atoms with van der Waals surface area (Å²) in [7, 11) is 2.06. The molecule has 1 heterocycles. The Morgan fingerprint density at radius 1 is 1.24 bits per heavy atom. The maximum Gasteiger partial charge on any atom is 0.181 e. The van der Waals surface area contributed by atoms with Crippen LogP contribution in [-0.2, 0) is 0 Å². The quantitative estimate of drug-likeness (QED) is 0.861. The Morgan fingerprint density at radius 3 is 2.82 bits per heavy atom. The van der Waals surface area contributed by atoms with Gasteiger partial charge in [-0.15, -0.1) is 0 Å². The van der Waals surface area contributed by atoms with Gasteiger partial charge in [0.05, 0.1) is 0 Å². The summed E-state index contributed by atoms with van der Waals surface area (Å²) in [6.45, 7) is 0. The van der Waals surface area contributed by atoms with E-state index in [2.05, 4.69) is 35.5 Å². The average molecular weight is 230 g/mol. The minimum atomic E-state index is 0.689. The van der Waals surface area contributed by atoms with E-state index < -0.39 is 0 Å². The van der Waals surface area contributed by atoms with Crippen LogP contribution in [0.1, 0.15) is 37.2 Å². The van der Waals surface area contributed by atoms with Crippen molar-refractivity contribution in [2.45, 2.75) is 37.6 Å². The second-order valence-electron chi connectivity index (χ2n) is 4.92. The van der Waals surface area contributed by atoms with E-state index in [1.807, 2.05) is 0 Å². The summed E-state index contributed by atoms with van der Waals surface area (Å²) in [4.78, 5) is 4.15. The van der Waals surface area contributed by atoms with Crippen LogP contribution in [0.5, 0.6) is 0 Å². The molecule has 1 aliphatic carbocycles. The molecule has 17 heavy (non-hydrogen) atoms. The molecule has 1 aromatic carbocycles. The zero-order chi connectivity index (χ0) is 11.7. The normalized spacial score (nSPS) is 25.2. The van der Waals surface area contributed by atoms with E-state index in [0.717, 1.165) is 11.1 Å². The van der Waals surface area contributed by atoms with Crippen LogP contribution in [0.25, 0.3) is 11.1 Å². The van der Waals surface area contributed by atoms with Crippen LogP contribution in [0, 0.1) is 0 Å². The van der Waals surface area contributed by atoms with Crippen LogP contribution in [0.4, 0.5) is 0 Å². The first kappa shape index (κ1) is 10.8. The van der Waals surface area contributed by atoms with Crippen molar-refractivity contribution < 1.29 is 4.42 Å². The van der Waals surface area contributed by atoms with Gasteiger partial charge in [0.15, 0.2) is 12.0 Å². The van der Waals surface area contributed by atoms with Crippen molar-refractivity contribution >= 4 is 11.1 Å². The van der Waals surface area contributed by atoms with Gasteiger partial charge < -0.3 is 9.73 Å². The van der Waals surface area contributed by atoms with E-state index in [-0.39, 0.29) is 0 Å². The molecule has 0 amide bonds. The molecule has 0 unspecified atom stereocenters. The molecule has 3 rings (SSSR count). The average Bonchev–Trinajstić information content (AvgIpc) is 2.86. The van der Waals surface area contributed by atoms with Crippen LogP contribution in [-0.4, -0.2) is 18.1 Å². The van der Waals surface area contributed by atoms with E-state index >= 15 is 0 Å². The highest BCUT2D eigenvalue weighted by Crippen LogP contribution is 2.33. The summed E-state index contributed by atoms with van der Waals surface area (Å²) in [6, 6.07) is 7.14. The zero-order valence-electron chi connectivity index (χ0n) is 10.1. The van der Waals surface area contributed by atoms with Gasteiger partial charge in [0.2, 0.25) is 0 Å². The molecule has 1 aromatic heterocycles. The van der Waals surface area contributed by atoms with Gasteiger partial charge in [-0.05, 0) is 56.3 Å². The van der Waals surface area contributed by atoms with E-state index in [0.29, 0.717) is 12.0 Å². The summed E-state index contributed by atoms with van der Waals surface area (Å²) < 4.78 is 5.37. The first-order valence-corrected chi connectivity index (χ1v) is 6.37. The number of benzene rings is 1. The number of hydrogen-bond donors (Lipinski definition) is 1. The minimum absolute atomic E-state index is 0.689. The summed E-state index contributed by atoms with van der Waals surface area (Å²) in [5, 5.41) is 3.37. The highest BCUT2D eigenvalue weighted by Gasteiger charge is 2.21. The van der Waals surface area contributed by atoms with Gasteiger partial charge in [-0.1, -0.05) is 6.07 Å². The molecule has 1 aliphatic rings. The van der Waals surface area contributed by atoms with Gasteiger partial charge in [-0.3, -0.25) is 0 Å². The number of rotatable bonds is 2. The van der Waals surface area contributed by atoms with Gasteiger partial charge >= 0.3 is 0 Å². The van der Waals surface area contributed by atoms with Crippen LogP contribution in [0.3, 0.4) is 0 Å². The van der Waals surface area contributed by atoms with E-state index in [1.54, 1.807) is 0 Å². The largest absolute Gasteiger partial charge is 0.443 e. The fourth-order valence-corrected chi connectivity index (χ4v) is 2.84. The van der Waals surface area contributed by atoms with Crippen molar-refractivity contribution in [3.05, 3.63) is 30.2 Å². The molecule has 0 atom stereocenters. The second-order valence-corrected chi connectivity index (χ2v) is 4.92. The number of nitrogens with one attached hydrogen (secondary N) is 1. The van der Waals surface area contributed by atoms with Crippen molar-refractivity contribution in [1.82, 2.24) is 10.3 Å². The van der Waals surface area contributed by atoms with Crippen molar-refractivity contribution in [3.8, 4) is 0 Å². The summed E-state index contributed by atoms with van der Waals surface area (Å²) in [6.07, 6.45) is 6.61. The zero-order valence-corrected chi connectivity index (χ0v) is 10.1. The Hall–Kier alpha value is -1.35. The van der Waals surface area contributed by atoms with Gasteiger partial charge in [-0.25, -0.2) is 4.98 Å². The first-order valence-electron chi connectivity index (χ1n) is 6.37. The molecule has 0 radical (unpaired) electrons. The Labute approximate surface area is 101 Å². The monoisotopic (exact) mass is 230 g/mol. The van der Waals surface area contributed by atoms with E-state index in [1.165, 1.54) is 37.6 Å². The lowest BCUT2D eigenvalue weighted by Gasteiger charge is -2.28. The summed E-state index contributed by atoms with van der Waals surface area (Å²) >= 11 is 0. The molecular weight excluding hydrogens is 212 g/mol. The Morgan fingerprint density at radius 2 is 2.06 bits per heavy atom. The second kappa shape index (κ2) is 4.49. The molecule has 3 heteroatoms. The van der Waals surface area contributed by atoms with Gasteiger partial charge in [0, 0.05) is 6.04 Å². The molecular formula is C14H18N2O. The lowest BCUT2D eigenvalue weighted by atomic mass is 9.82. The standard InChI is InChI=1S/C14H18N2O/c1-15-12-5-2-10(3-6-12)11-4-7-13-14(8-11)17-9-16-13/h4,7-10,12,15H,2-3,5-6H2,1H3. The van der Waals surface area contributed by atoms with Crippen LogP contribution >= 0.6 is 0 Å². The number of nitrogens with zero attached hydrogens (tertiary/aromatic N) is 1. The number of hydrogen-bond acceptors (Lipinski definition) is 3. The van der Waals surface area contributed by atoms with Gasteiger partial charge in [0.1, 0.15) is 5.52 Å². The SMILES string of the molecule is CNC1CCC(c2ccc3ncoc3c2)CC1. The predicted octanol–water partition coefficient (Wildman–Crippen LogP) is 3.07. The van der Waals surface area contributed by atoms with Crippen molar-refractivity contribution in [2.24, 2.45) is 0 Å². The topological polar surface area (TPSA) is 38.1 Å². The smallest absolute Gasteiger partial charge is 0.181 e. The number of oxazole rings is 1. The highest BCUT2D eigenvalue weighted by molar-refractivity contribution is 5.72. The number of aromatic nitrogens is 1. The lowest BCUT2D eigenvalue weighted by Crippen LogP contribution is -2.29. The molecule has 0 saturated heterocycles. The molecule has 0 aliphatic heterocycles. The highest BCUT2D eigenvalue weighted by atomic mass is 16.3. The van der Waals surface area contributed by atoms with E-state index in [4.69, 9.17) is 4.42 Å². The van der Waals surface area contributed by atoms with Crippen molar-refractivity contribution in [3.63, 3.8) is 0 Å². The molecule has 1 saturated carbocycles. The summed E-state index contributed by atoms with van der Waals surface area (Å²) in [5.41, 5.74) is 3.28. The third-order valence-corrected chi connectivity index (χ3v) is 3.96.